The molecule has 6 heteroatoms. The van der Waals surface area contributed by atoms with E-state index in [4.69, 9.17) is 5.73 Å². The zero-order valence-corrected chi connectivity index (χ0v) is 12.4. The molecule has 0 saturated heterocycles. The lowest BCUT2D eigenvalue weighted by atomic mass is 10.1. The average Bonchev–Trinajstić information content (AvgIpc) is 2.88. The minimum Gasteiger partial charge on any atom is -0.384 e. The van der Waals surface area contributed by atoms with E-state index in [0.717, 1.165) is 30.7 Å². The summed E-state index contributed by atoms with van der Waals surface area (Å²) in [5, 5.41) is 9.79. The fraction of sp³-hybridized carbons (Fsp3) is 0.400. The normalized spacial score (nSPS) is 10.6. The Kier molecular flexibility index (Phi) is 4.92. The van der Waals surface area contributed by atoms with Gasteiger partial charge in [-0.1, -0.05) is 6.92 Å². The lowest BCUT2D eigenvalue weighted by molar-refractivity contribution is 0.0953. The smallest absolute Gasteiger partial charge is 0.251 e. The molecule has 0 unspecified atom stereocenters. The standard InChI is InChI=1S/C15H21N5O/c1-3-13-7-12(8-14(16)19-13)15(21)17-6-4-5-11-9-18-20-10(11)2/h7-9H,3-6H2,1-2H3,(H2,16,19)(H,17,21)(H,18,20). The van der Waals surface area contributed by atoms with Crippen molar-refractivity contribution >= 4 is 11.7 Å². The van der Waals surface area contributed by atoms with Crippen LogP contribution in [0.1, 0.15) is 40.7 Å². The SMILES string of the molecule is CCc1cc(C(=O)NCCCc2cn[nH]c2C)cc(N)n1. The average molecular weight is 287 g/mol. The number of aromatic amines is 1. The van der Waals surface area contributed by atoms with E-state index in [1.807, 2.05) is 20.0 Å². The predicted molar refractivity (Wildman–Crippen MR) is 82.0 cm³/mol. The van der Waals surface area contributed by atoms with Gasteiger partial charge in [0.25, 0.3) is 5.91 Å². The molecule has 1 amide bonds. The number of anilines is 1. The highest BCUT2D eigenvalue weighted by molar-refractivity contribution is 5.94. The van der Waals surface area contributed by atoms with Gasteiger partial charge < -0.3 is 11.1 Å². The summed E-state index contributed by atoms with van der Waals surface area (Å²) in [4.78, 5) is 16.2. The van der Waals surface area contributed by atoms with Gasteiger partial charge in [0.1, 0.15) is 5.82 Å². The van der Waals surface area contributed by atoms with E-state index >= 15 is 0 Å². The maximum Gasteiger partial charge on any atom is 0.251 e. The van der Waals surface area contributed by atoms with Crippen molar-refractivity contribution in [3.05, 3.63) is 40.8 Å². The first-order valence-electron chi connectivity index (χ1n) is 7.13. The molecule has 0 aromatic carbocycles. The number of H-pyrrole nitrogens is 1. The van der Waals surface area contributed by atoms with Crippen LogP contribution in [0.2, 0.25) is 0 Å². The molecule has 2 heterocycles. The van der Waals surface area contributed by atoms with Crippen molar-refractivity contribution in [1.29, 1.82) is 0 Å². The number of carbonyl (C=O) groups is 1. The second-order valence-corrected chi connectivity index (χ2v) is 5.01. The first-order valence-corrected chi connectivity index (χ1v) is 7.13. The number of hydrogen-bond donors (Lipinski definition) is 3. The fourth-order valence-corrected chi connectivity index (χ4v) is 2.13. The van der Waals surface area contributed by atoms with E-state index < -0.39 is 0 Å². The third kappa shape index (κ3) is 4.05. The van der Waals surface area contributed by atoms with Crippen LogP contribution in [0.15, 0.2) is 18.3 Å². The Bertz CT molecular complexity index is 620. The Labute approximate surface area is 124 Å². The van der Waals surface area contributed by atoms with Crippen LogP contribution in [0.4, 0.5) is 5.82 Å². The van der Waals surface area contributed by atoms with E-state index in [2.05, 4.69) is 20.5 Å². The Morgan fingerprint density at radius 3 is 2.90 bits per heavy atom. The van der Waals surface area contributed by atoms with Crippen molar-refractivity contribution in [3.8, 4) is 0 Å². The first-order chi connectivity index (χ1) is 10.1. The lowest BCUT2D eigenvalue weighted by Gasteiger charge is -2.07. The maximum atomic E-state index is 12.1. The lowest BCUT2D eigenvalue weighted by Crippen LogP contribution is -2.25. The van der Waals surface area contributed by atoms with Crippen molar-refractivity contribution < 1.29 is 4.79 Å². The van der Waals surface area contributed by atoms with Crippen molar-refractivity contribution in [2.45, 2.75) is 33.1 Å². The first kappa shape index (κ1) is 15.0. The van der Waals surface area contributed by atoms with Crippen LogP contribution in [0.25, 0.3) is 0 Å². The van der Waals surface area contributed by atoms with Gasteiger partial charge in [-0.3, -0.25) is 9.89 Å². The Hall–Kier alpha value is -2.37. The number of carbonyl (C=O) groups excluding carboxylic acids is 1. The number of nitrogens with one attached hydrogen (secondary N) is 2. The summed E-state index contributed by atoms with van der Waals surface area (Å²) in [6.45, 7) is 4.59. The molecular weight excluding hydrogens is 266 g/mol. The van der Waals surface area contributed by atoms with Gasteiger partial charge >= 0.3 is 0 Å². The molecule has 2 aromatic heterocycles. The summed E-state index contributed by atoms with van der Waals surface area (Å²) in [5.74, 6) is 0.274. The highest BCUT2D eigenvalue weighted by Crippen LogP contribution is 2.09. The molecule has 0 radical (unpaired) electrons. The van der Waals surface area contributed by atoms with E-state index in [0.29, 0.717) is 17.9 Å². The second kappa shape index (κ2) is 6.88. The van der Waals surface area contributed by atoms with Crippen LogP contribution in [-0.2, 0) is 12.8 Å². The molecule has 0 aliphatic heterocycles. The second-order valence-electron chi connectivity index (χ2n) is 5.01. The number of nitrogens with zero attached hydrogens (tertiary/aromatic N) is 2. The quantitative estimate of drug-likeness (QED) is 0.703. The third-order valence-electron chi connectivity index (χ3n) is 3.37. The van der Waals surface area contributed by atoms with Crippen LogP contribution in [0, 0.1) is 6.92 Å². The summed E-state index contributed by atoms with van der Waals surface area (Å²) in [7, 11) is 0. The number of hydrogen-bond acceptors (Lipinski definition) is 4. The zero-order valence-electron chi connectivity index (χ0n) is 12.4. The van der Waals surface area contributed by atoms with Gasteiger partial charge in [0.2, 0.25) is 0 Å². The molecule has 0 saturated carbocycles. The predicted octanol–water partition coefficient (Wildman–Crippen LogP) is 1.62. The monoisotopic (exact) mass is 287 g/mol. The van der Waals surface area contributed by atoms with Crippen LogP contribution in [0.3, 0.4) is 0 Å². The highest BCUT2D eigenvalue weighted by atomic mass is 16.1. The van der Waals surface area contributed by atoms with Crippen molar-refractivity contribution in [2.24, 2.45) is 0 Å². The summed E-state index contributed by atoms with van der Waals surface area (Å²) in [6, 6.07) is 3.39. The van der Waals surface area contributed by atoms with Crippen LogP contribution in [-0.4, -0.2) is 27.6 Å². The molecule has 0 atom stereocenters. The minimum atomic E-state index is -0.109. The fourth-order valence-electron chi connectivity index (χ4n) is 2.13. The Balaban J connectivity index is 1.84. The van der Waals surface area contributed by atoms with Crippen LogP contribution in [0.5, 0.6) is 0 Å². The number of nitrogens with two attached hydrogens (primary N) is 1. The molecule has 21 heavy (non-hydrogen) atoms. The van der Waals surface area contributed by atoms with E-state index in [-0.39, 0.29) is 5.91 Å². The molecule has 6 nitrogen and oxygen atoms in total. The number of rotatable bonds is 6. The van der Waals surface area contributed by atoms with Gasteiger partial charge in [-0.15, -0.1) is 0 Å². The van der Waals surface area contributed by atoms with Crippen LogP contribution < -0.4 is 11.1 Å². The molecule has 0 spiro atoms. The molecule has 0 aliphatic carbocycles. The number of amides is 1. The summed E-state index contributed by atoms with van der Waals surface area (Å²) in [5.41, 5.74) is 9.37. The summed E-state index contributed by atoms with van der Waals surface area (Å²) >= 11 is 0. The van der Waals surface area contributed by atoms with Gasteiger partial charge in [0, 0.05) is 23.5 Å². The van der Waals surface area contributed by atoms with Gasteiger partial charge in [-0.05, 0) is 43.9 Å². The molecule has 0 aliphatic rings. The number of aryl methyl sites for hydroxylation is 3. The van der Waals surface area contributed by atoms with Gasteiger partial charge in [0.15, 0.2) is 0 Å². The largest absolute Gasteiger partial charge is 0.384 e. The molecular formula is C15H21N5O. The van der Waals surface area contributed by atoms with Crippen molar-refractivity contribution in [3.63, 3.8) is 0 Å². The Morgan fingerprint density at radius 1 is 1.43 bits per heavy atom. The maximum absolute atomic E-state index is 12.1. The molecule has 2 aromatic rings. The van der Waals surface area contributed by atoms with E-state index in [1.165, 1.54) is 5.56 Å². The van der Waals surface area contributed by atoms with Gasteiger partial charge in [0.05, 0.1) is 6.20 Å². The highest BCUT2D eigenvalue weighted by Gasteiger charge is 2.08. The van der Waals surface area contributed by atoms with E-state index in [9.17, 15) is 4.79 Å². The van der Waals surface area contributed by atoms with Gasteiger partial charge in [-0.25, -0.2) is 4.98 Å². The third-order valence-corrected chi connectivity index (χ3v) is 3.37. The van der Waals surface area contributed by atoms with Crippen molar-refractivity contribution in [1.82, 2.24) is 20.5 Å². The summed E-state index contributed by atoms with van der Waals surface area (Å²) in [6.07, 6.45) is 4.34. The number of nitrogen functional groups attached to an aromatic ring is 1. The van der Waals surface area contributed by atoms with Gasteiger partial charge in [-0.2, -0.15) is 5.10 Å². The Morgan fingerprint density at radius 2 is 2.24 bits per heavy atom. The summed E-state index contributed by atoms with van der Waals surface area (Å²) < 4.78 is 0. The molecule has 0 fully saturated rings. The van der Waals surface area contributed by atoms with Crippen molar-refractivity contribution in [2.75, 3.05) is 12.3 Å². The van der Waals surface area contributed by atoms with E-state index in [1.54, 1.807) is 12.1 Å². The zero-order chi connectivity index (χ0) is 15.2. The molecule has 0 bridgehead atoms. The molecule has 112 valence electrons. The minimum absolute atomic E-state index is 0.109. The number of aromatic nitrogens is 3. The van der Waals surface area contributed by atoms with Crippen LogP contribution >= 0.6 is 0 Å². The molecule has 2 rings (SSSR count). The molecule has 4 N–H and O–H groups in total. The number of pyridine rings is 1. The topological polar surface area (TPSA) is 96.7 Å².